The number of aromatic nitrogens is 2. The van der Waals surface area contributed by atoms with Gasteiger partial charge in [0.1, 0.15) is 17.3 Å². The van der Waals surface area contributed by atoms with Crippen LogP contribution in [0.3, 0.4) is 0 Å². The van der Waals surface area contributed by atoms with Crippen molar-refractivity contribution in [3.05, 3.63) is 47.6 Å². The molecule has 0 unspecified atom stereocenters. The van der Waals surface area contributed by atoms with Crippen LogP contribution in [0.2, 0.25) is 0 Å². The van der Waals surface area contributed by atoms with Gasteiger partial charge in [-0.2, -0.15) is 4.31 Å². The van der Waals surface area contributed by atoms with Gasteiger partial charge in [-0.15, -0.1) is 0 Å². The lowest BCUT2D eigenvalue weighted by Crippen LogP contribution is -2.48. The predicted molar refractivity (Wildman–Crippen MR) is 134 cm³/mol. The van der Waals surface area contributed by atoms with E-state index in [-0.39, 0.29) is 4.90 Å². The van der Waals surface area contributed by atoms with E-state index in [2.05, 4.69) is 40.7 Å². The van der Waals surface area contributed by atoms with Crippen LogP contribution in [0.5, 0.6) is 5.75 Å². The Hall–Kier alpha value is -2.69. The van der Waals surface area contributed by atoms with Crippen LogP contribution in [0.1, 0.15) is 50.0 Å². The zero-order chi connectivity index (χ0) is 24.5. The molecular weight excluding hydrogens is 452 g/mol. The van der Waals surface area contributed by atoms with Gasteiger partial charge in [-0.1, -0.05) is 20.4 Å². The van der Waals surface area contributed by atoms with Crippen molar-refractivity contribution in [1.29, 1.82) is 0 Å². The van der Waals surface area contributed by atoms with Crippen molar-refractivity contribution in [1.82, 2.24) is 18.9 Å². The molecule has 0 aliphatic carbocycles. The number of aryl methyl sites for hydroxylation is 2. The SMILES string of the molecule is C=C1N=C(c2cc(S(=O)(=O)N3CCN(CC)CC3)ccc2OCC)Nn2c(CCC)nc(C)c21. The Kier molecular flexibility index (Phi) is 7.11. The monoisotopic (exact) mass is 486 g/mol. The minimum Gasteiger partial charge on any atom is -0.493 e. The number of ether oxygens (including phenoxy) is 1. The van der Waals surface area contributed by atoms with Crippen LogP contribution >= 0.6 is 0 Å². The molecule has 184 valence electrons. The average molecular weight is 487 g/mol. The van der Waals surface area contributed by atoms with Crippen molar-refractivity contribution in [2.75, 3.05) is 44.8 Å². The number of sulfonamides is 1. The molecule has 1 saturated heterocycles. The van der Waals surface area contributed by atoms with Gasteiger partial charge in [0.2, 0.25) is 10.0 Å². The molecule has 3 heterocycles. The van der Waals surface area contributed by atoms with Crippen molar-refractivity contribution in [3.8, 4) is 5.75 Å². The molecule has 1 aromatic heterocycles. The van der Waals surface area contributed by atoms with E-state index in [9.17, 15) is 8.42 Å². The fraction of sp³-hybridized carbons (Fsp3) is 0.500. The van der Waals surface area contributed by atoms with Gasteiger partial charge >= 0.3 is 0 Å². The minimum absolute atomic E-state index is 0.229. The summed E-state index contributed by atoms with van der Waals surface area (Å²) in [7, 11) is -3.65. The summed E-state index contributed by atoms with van der Waals surface area (Å²) in [4.78, 5) is 11.8. The zero-order valence-electron chi connectivity index (χ0n) is 20.5. The third kappa shape index (κ3) is 4.49. The fourth-order valence-corrected chi connectivity index (χ4v) is 5.90. The Morgan fingerprint density at radius 1 is 1.15 bits per heavy atom. The fourth-order valence-electron chi connectivity index (χ4n) is 4.45. The molecule has 0 radical (unpaired) electrons. The summed E-state index contributed by atoms with van der Waals surface area (Å²) in [6.45, 7) is 16.0. The van der Waals surface area contributed by atoms with Crippen LogP contribution in [0, 0.1) is 6.92 Å². The Bertz CT molecular complexity index is 1210. The topological polar surface area (TPSA) is 92.1 Å². The number of rotatable bonds is 8. The molecule has 4 rings (SSSR count). The average Bonchev–Trinajstić information content (AvgIpc) is 3.15. The van der Waals surface area contributed by atoms with Gasteiger partial charge in [-0.25, -0.2) is 23.1 Å². The number of piperazine rings is 1. The molecule has 2 aromatic rings. The van der Waals surface area contributed by atoms with Gasteiger partial charge in [0.05, 0.1) is 28.5 Å². The van der Waals surface area contributed by atoms with E-state index >= 15 is 0 Å². The van der Waals surface area contributed by atoms with E-state index in [1.165, 1.54) is 0 Å². The molecule has 0 bridgehead atoms. The van der Waals surface area contributed by atoms with Crippen LogP contribution in [0.15, 0.2) is 34.7 Å². The lowest BCUT2D eigenvalue weighted by molar-refractivity contribution is 0.196. The quantitative estimate of drug-likeness (QED) is 0.617. The lowest BCUT2D eigenvalue weighted by atomic mass is 10.1. The number of likely N-dealkylation sites (N-methyl/N-ethyl adjacent to an activating group) is 1. The molecule has 1 fully saturated rings. The van der Waals surface area contributed by atoms with Crippen molar-refractivity contribution in [3.63, 3.8) is 0 Å². The molecular formula is C24H34N6O3S. The molecule has 2 aliphatic heterocycles. The van der Waals surface area contributed by atoms with Crippen molar-refractivity contribution in [2.45, 2.75) is 45.4 Å². The van der Waals surface area contributed by atoms with Gasteiger partial charge in [0.15, 0.2) is 5.84 Å². The van der Waals surface area contributed by atoms with Crippen LogP contribution in [0.4, 0.5) is 0 Å². The van der Waals surface area contributed by atoms with Gasteiger partial charge in [0, 0.05) is 32.6 Å². The first-order valence-electron chi connectivity index (χ1n) is 11.9. The number of aliphatic imine (C=N–C) groups is 1. The third-order valence-electron chi connectivity index (χ3n) is 6.25. The van der Waals surface area contributed by atoms with E-state index in [4.69, 9.17) is 4.74 Å². The lowest BCUT2D eigenvalue weighted by Gasteiger charge is -2.33. The minimum atomic E-state index is -3.65. The standard InChI is InChI=1S/C24H34N6O3S/c1-6-9-22-25-17(4)23-18(5)26-24(27-30(22)23)20-16-19(10-11-21(20)33-8-3)34(31,32)29-14-12-28(7-2)13-15-29/h10-11,16H,5-9,12-15H2,1-4H3,(H,26,27). The Balaban J connectivity index is 1.72. The Labute approximate surface area is 202 Å². The van der Waals surface area contributed by atoms with E-state index in [1.807, 2.05) is 18.5 Å². The number of fused-ring (bicyclic) bond motifs is 1. The summed E-state index contributed by atoms with van der Waals surface area (Å²) < 4.78 is 36.2. The second-order valence-corrected chi connectivity index (χ2v) is 10.4. The van der Waals surface area contributed by atoms with E-state index in [0.717, 1.165) is 49.7 Å². The zero-order valence-corrected chi connectivity index (χ0v) is 21.3. The molecule has 0 atom stereocenters. The highest BCUT2D eigenvalue weighted by molar-refractivity contribution is 7.89. The summed E-state index contributed by atoms with van der Waals surface area (Å²) in [5, 5.41) is 0. The maximum Gasteiger partial charge on any atom is 0.243 e. The van der Waals surface area contributed by atoms with E-state index < -0.39 is 10.0 Å². The second kappa shape index (κ2) is 9.89. The number of amidine groups is 1. The highest BCUT2D eigenvalue weighted by Crippen LogP contribution is 2.30. The summed E-state index contributed by atoms with van der Waals surface area (Å²) in [5.41, 5.74) is 6.19. The van der Waals surface area contributed by atoms with Gasteiger partial charge in [-0.05, 0) is 45.0 Å². The van der Waals surface area contributed by atoms with Crippen molar-refractivity contribution in [2.24, 2.45) is 4.99 Å². The molecule has 9 nitrogen and oxygen atoms in total. The number of hydrogen-bond acceptors (Lipinski definition) is 7. The molecule has 34 heavy (non-hydrogen) atoms. The Morgan fingerprint density at radius 2 is 1.88 bits per heavy atom. The van der Waals surface area contributed by atoms with Crippen LogP contribution < -0.4 is 10.2 Å². The van der Waals surface area contributed by atoms with Crippen LogP contribution in [-0.4, -0.2) is 72.4 Å². The molecule has 1 aromatic carbocycles. The first-order valence-corrected chi connectivity index (χ1v) is 13.4. The van der Waals surface area contributed by atoms with Crippen molar-refractivity contribution >= 4 is 21.6 Å². The number of benzene rings is 1. The summed E-state index contributed by atoms with van der Waals surface area (Å²) in [6.07, 6.45) is 1.74. The van der Waals surface area contributed by atoms with Crippen molar-refractivity contribution < 1.29 is 13.2 Å². The molecule has 0 amide bonds. The summed E-state index contributed by atoms with van der Waals surface area (Å²) in [5.74, 6) is 1.94. The highest BCUT2D eigenvalue weighted by atomic mass is 32.2. The normalized spacial score (nSPS) is 17.3. The Morgan fingerprint density at radius 3 is 2.53 bits per heavy atom. The predicted octanol–water partition coefficient (Wildman–Crippen LogP) is 2.84. The summed E-state index contributed by atoms with van der Waals surface area (Å²) in [6, 6.07) is 4.98. The van der Waals surface area contributed by atoms with Crippen LogP contribution in [0.25, 0.3) is 5.70 Å². The molecule has 10 heteroatoms. The summed E-state index contributed by atoms with van der Waals surface area (Å²) >= 11 is 0. The van der Waals surface area contributed by atoms with E-state index in [1.54, 1.807) is 22.5 Å². The number of imidazole rings is 1. The molecule has 0 saturated carbocycles. The largest absolute Gasteiger partial charge is 0.493 e. The first-order chi connectivity index (χ1) is 16.3. The number of hydrogen-bond donors (Lipinski definition) is 1. The maximum atomic E-state index is 13.5. The highest BCUT2D eigenvalue weighted by Gasteiger charge is 2.30. The third-order valence-corrected chi connectivity index (χ3v) is 8.15. The van der Waals surface area contributed by atoms with E-state index in [0.29, 0.717) is 42.5 Å². The van der Waals surface area contributed by atoms with Gasteiger partial charge in [0.25, 0.3) is 0 Å². The van der Waals surface area contributed by atoms with Gasteiger partial charge < -0.3 is 9.64 Å². The number of nitrogens with zero attached hydrogens (tertiary/aromatic N) is 5. The van der Waals surface area contributed by atoms with Gasteiger partial charge in [-0.3, -0.25) is 5.43 Å². The molecule has 2 aliphatic rings. The van der Waals surface area contributed by atoms with Crippen LogP contribution in [-0.2, 0) is 16.4 Å². The maximum absolute atomic E-state index is 13.5. The first kappa shape index (κ1) is 24.4. The number of nitrogens with one attached hydrogen (secondary N) is 1. The smallest absolute Gasteiger partial charge is 0.243 e. The molecule has 0 spiro atoms. The molecule has 1 N–H and O–H groups in total. The second-order valence-electron chi connectivity index (χ2n) is 8.50.